The zero-order chi connectivity index (χ0) is 20.0. The molecular formula is C25H30O3. The van der Waals surface area contributed by atoms with E-state index < -0.39 is 0 Å². The molecule has 0 spiro atoms. The van der Waals surface area contributed by atoms with Crippen molar-refractivity contribution in [2.24, 2.45) is 0 Å². The molecule has 3 heteroatoms. The number of unbranched alkanes of at least 4 members (excludes halogenated alkanes) is 2. The maximum Gasteiger partial charge on any atom is 0.178 e. The average Bonchev–Trinajstić information content (AvgIpc) is 2.73. The normalized spacial score (nSPS) is 11.2. The van der Waals surface area contributed by atoms with Crippen LogP contribution in [0.4, 0.5) is 0 Å². The summed E-state index contributed by atoms with van der Waals surface area (Å²) in [7, 11) is 0. The minimum Gasteiger partial charge on any atom is -0.494 e. The molecule has 3 nitrogen and oxygen atoms in total. The molecule has 0 atom stereocenters. The van der Waals surface area contributed by atoms with Crippen LogP contribution in [0.2, 0.25) is 0 Å². The Morgan fingerprint density at radius 3 is 1.46 bits per heavy atom. The molecule has 0 aromatic heterocycles. The lowest BCUT2D eigenvalue weighted by atomic mass is 10.1. The number of rotatable bonds is 12. The maximum absolute atomic E-state index is 12.0. The van der Waals surface area contributed by atoms with Crippen molar-refractivity contribution >= 4 is 17.9 Å². The largest absolute Gasteiger partial charge is 0.494 e. The highest BCUT2D eigenvalue weighted by atomic mass is 16.5. The number of carbonyl (C=O) groups is 1. The summed E-state index contributed by atoms with van der Waals surface area (Å²) in [6, 6.07) is 15.5. The van der Waals surface area contributed by atoms with Crippen LogP contribution in [-0.2, 0) is 4.79 Å². The first-order valence-corrected chi connectivity index (χ1v) is 10.1. The standard InChI is InChI=1S/C25H30O3/c1-3-5-19-27-24-15-9-21(10-16-24)7-13-23(26)14-8-22-11-17-25(18-12-22)28-20-6-4-2/h7-18H,3-6,19-20H2,1-2H3/b13-7-,14-8-. The van der Waals surface area contributed by atoms with Gasteiger partial charge in [0.25, 0.3) is 0 Å². The second-order valence-corrected chi connectivity index (χ2v) is 6.61. The number of benzene rings is 2. The third-order valence-electron chi connectivity index (χ3n) is 4.17. The van der Waals surface area contributed by atoms with E-state index in [1.165, 1.54) is 0 Å². The molecule has 0 saturated carbocycles. The van der Waals surface area contributed by atoms with E-state index in [1.54, 1.807) is 12.2 Å². The van der Waals surface area contributed by atoms with Crippen LogP contribution in [0.3, 0.4) is 0 Å². The fraction of sp³-hybridized carbons (Fsp3) is 0.320. The van der Waals surface area contributed by atoms with Crippen LogP contribution >= 0.6 is 0 Å². The average molecular weight is 379 g/mol. The molecule has 0 N–H and O–H groups in total. The third kappa shape index (κ3) is 8.26. The molecule has 0 bridgehead atoms. The number of ketones is 1. The SMILES string of the molecule is CCCCOc1ccc(/C=C\C(=O)/C=C\c2ccc(OCCCC)cc2)cc1. The van der Waals surface area contributed by atoms with Crippen molar-refractivity contribution in [2.75, 3.05) is 13.2 Å². The Hall–Kier alpha value is -2.81. The predicted molar refractivity (Wildman–Crippen MR) is 117 cm³/mol. The Morgan fingerprint density at radius 1 is 0.714 bits per heavy atom. The Morgan fingerprint density at radius 2 is 1.11 bits per heavy atom. The Labute approximate surface area is 168 Å². The van der Waals surface area contributed by atoms with Crippen molar-refractivity contribution in [1.82, 2.24) is 0 Å². The first kappa shape index (κ1) is 21.5. The Kier molecular flexibility index (Phi) is 9.64. The molecule has 28 heavy (non-hydrogen) atoms. The monoisotopic (exact) mass is 378 g/mol. The fourth-order valence-electron chi connectivity index (χ4n) is 2.43. The summed E-state index contributed by atoms with van der Waals surface area (Å²) in [5, 5.41) is 0. The van der Waals surface area contributed by atoms with Crippen LogP contribution in [0.15, 0.2) is 60.7 Å². The van der Waals surface area contributed by atoms with Crippen LogP contribution in [-0.4, -0.2) is 19.0 Å². The van der Waals surface area contributed by atoms with Gasteiger partial charge >= 0.3 is 0 Å². The zero-order valence-electron chi connectivity index (χ0n) is 16.9. The lowest BCUT2D eigenvalue weighted by Crippen LogP contribution is -1.96. The van der Waals surface area contributed by atoms with Gasteiger partial charge in [0.05, 0.1) is 13.2 Å². The highest BCUT2D eigenvalue weighted by molar-refractivity contribution is 6.04. The summed E-state index contributed by atoms with van der Waals surface area (Å²) in [5.74, 6) is 1.67. The number of hydrogen-bond donors (Lipinski definition) is 0. The molecular weight excluding hydrogens is 348 g/mol. The lowest BCUT2D eigenvalue weighted by Gasteiger charge is -2.05. The Bertz CT molecular complexity index is 690. The van der Waals surface area contributed by atoms with Gasteiger partial charge in [-0.2, -0.15) is 0 Å². The van der Waals surface area contributed by atoms with Crippen molar-refractivity contribution in [1.29, 1.82) is 0 Å². The molecule has 0 aliphatic heterocycles. The number of hydrogen-bond acceptors (Lipinski definition) is 3. The smallest absolute Gasteiger partial charge is 0.178 e. The number of ether oxygens (including phenoxy) is 2. The van der Waals surface area contributed by atoms with Crippen LogP contribution < -0.4 is 9.47 Å². The van der Waals surface area contributed by atoms with Gasteiger partial charge in [0, 0.05) is 0 Å². The second-order valence-electron chi connectivity index (χ2n) is 6.61. The summed E-state index contributed by atoms with van der Waals surface area (Å²) in [6.45, 7) is 5.75. The van der Waals surface area contributed by atoms with Crippen molar-refractivity contribution in [2.45, 2.75) is 39.5 Å². The summed E-state index contributed by atoms with van der Waals surface area (Å²) in [5.41, 5.74) is 1.94. The van der Waals surface area contributed by atoms with Gasteiger partial charge in [0.15, 0.2) is 5.78 Å². The molecule has 0 heterocycles. The van der Waals surface area contributed by atoms with E-state index in [4.69, 9.17) is 9.47 Å². The van der Waals surface area contributed by atoms with Crippen molar-refractivity contribution < 1.29 is 14.3 Å². The molecule has 0 unspecified atom stereocenters. The van der Waals surface area contributed by atoms with Gasteiger partial charge < -0.3 is 9.47 Å². The topological polar surface area (TPSA) is 35.5 Å². The van der Waals surface area contributed by atoms with Crippen LogP contribution in [0, 0.1) is 0 Å². The molecule has 0 aliphatic rings. The number of carbonyl (C=O) groups excluding carboxylic acids is 1. The van der Waals surface area contributed by atoms with E-state index in [0.717, 1.165) is 61.5 Å². The van der Waals surface area contributed by atoms with E-state index in [0.29, 0.717) is 0 Å². The molecule has 0 saturated heterocycles. The van der Waals surface area contributed by atoms with E-state index in [2.05, 4.69) is 13.8 Å². The molecule has 0 amide bonds. The van der Waals surface area contributed by atoms with Crippen LogP contribution in [0.25, 0.3) is 12.2 Å². The molecule has 148 valence electrons. The molecule has 2 rings (SSSR count). The maximum atomic E-state index is 12.0. The van der Waals surface area contributed by atoms with Gasteiger partial charge in [-0.05, 0) is 60.4 Å². The van der Waals surface area contributed by atoms with Gasteiger partial charge in [0.1, 0.15) is 11.5 Å². The van der Waals surface area contributed by atoms with Gasteiger partial charge in [-0.15, -0.1) is 0 Å². The molecule has 2 aromatic rings. The highest BCUT2D eigenvalue weighted by Gasteiger charge is 1.96. The summed E-state index contributed by atoms with van der Waals surface area (Å²) in [6.07, 6.45) is 11.1. The summed E-state index contributed by atoms with van der Waals surface area (Å²) < 4.78 is 11.3. The van der Waals surface area contributed by atoms with Gasteiger partial charge in [-0.3, -0.25) is 4.79 Å². The minimum atomic E-state index is -0.0495. The minimum absolute atomic E-state index is 0.0495. The van der Waals surface area contributed by atoms with Gasteiger partial charge in [-0.1, -0.05) is 63.1 Å². The van der Waals surface area contributed by atoms with Crippen LogP contribution in [0.1, 0.15) is 50.7 Å². The zero-order valence-corrected chi connectivity index (χ0v) is 16.9. The van der Waals surface area contributed by atoms with E-state index in [-0.39, 0.29) is 5.78 Å². The number of allylic oxidation sites excluding steroid dienone is 2. The molecule has 2 aromatic carbocycles. The van der Waals surface area contributed by atoms with E-state index in [9.17, 15) is 4.79 Å². The van der Waals surface area contributed by atoms with E-state index in [1.807, 2.05) is 60.7 Å². The Balaban J connectivity index is 1.82. The quantitative estimate of drug-likeness (QED) is 0.319. The van der Waals surface area contributed by atoms with Crippen molar-refractivity contribution in [3.05, 3.63) is 71.8 Å². The van der Waals surface area contributed by atoms with Crippen LogP contribution in [0.5, 0.6) is 11.5 Å². The van der Waals surface area contributed by atoms with Crippen molar-refractivity contribution in [3.63, 3.8) is 0 Å². The molecule has 0 fully saturated rings. The summed E-state index contributed by atoms with van der Waals surface area (Å²) in [4.78, 5) is 12.0. The van der Waals surface area contributed by atoms with Crippen molar-refractivity contribution in [3.8, 4) is 11.5 Å². The fourth-order valence-corrected chi connectivity index (χ4v) is 2.43. The third-order valence-corrected chi connectivity index (χ3v) is 4.17. The molecule has 0 radical (unpaired) electrons. The van der Waals surface area contributed by atoms with E-state index >= 15 is 0 Å². The highest BCUT2D eigenvalue weighted by Crippen LogP contribution is 2.15. The predicted octanol–water partition coefficient (Wildman–Crippen LogP) is 6.34. The second kappa shape index (κ2) is 12.6. The first-order valence-electron chi connectivity index (χ1n) is 10.1. The van der Waals surface area contributed by atoms with Gasteiger partial charge in [-0.25, -0.2) is 0 Å². The van der Waals surface area contributed by atoms with Gasteiger partial charge in [0.2, 0.25) is 0 Å². The summed E-state index contributed by atoms with van der Waals surface area (Å²) >= 11 is 0. The lowest BCUT2D eigenvalue weighted by molar-refractivity contribution is -0.110. The molecule has 0 aliphatic carbocycles. The first-order chi connectivity index (χ1) is 13.7.